The van der Waals surface area contributed by atoms with Gasteiger partial charge in [-0.1, -0.05) is 0 Å². The summed E-state index contributed by atoms with van der Waals surface area (Å²) >= 11 is 0. The second-order valence-corrected chi connectivity index (χ2v) is 4.90. The van der Waals surface area contributed by atoms with E-state index in [0.29, 0.717) is 0 Å². The fourth-order valence-electron chi connectivity index (χ4n) is 0. The van der Waals surface area contributed by atoms with Gasteiger partial charge >= 0.3 is 411 Å². The largest absolute Gasteiger partial charge is 1.00 e. The standard InChI is InChI=1S/8K.4H2O4S/c;;;;;;;;4*1-5(2,3)4/h;;;;;;;;4*(H2,1,2,3,4)/q8*+1;;;;/p-8. The third-order valence-corrected chi connectivity index (χ3v) is 0. The second-order valence-electron chi connectivity index (χ2n) is 1.63. The van der Waals surface area contributed by atoms with Crippen LogP contribution in [0, 0.1) is 0 Å². The minimum atomic E-state index is -5.17. The van der Waals surface area contributed by atoms with E-state index in [2.05, 4.69) is 0 Å². The first-order chi connectivity index (χ1) is 8.00. The van der Waals surface area contributed by atoms with Crippen molar-refractivity contribution in [3.63, 3.8) is 0 Å². The minimum Gasteiger partial charge on any atom is -0.759 e. The predicted octanol–water partition coefficient (Wildman–Crippen LogP) is -29.3. The summed E-state index contributed by atoms with van der Waals surface area (Å²) in [6.45, 7) is 0. The zero-order valence-electron chi connectivity index (χ0n) is 16.2. The molecular formula is K8O16S4. The fourth-order valence-corrected chi connectivity index (χ4v) is 0. The molecular weight excluding hydrogens is 697 g/mol. The molecule has 0 atom stereocenters. The number of hydrogen-bond donors (Lipinski definition) is 0. The van der Waals surface area contributed by atoms with Crippen molar-refractivity contribution in [2.45, 2.75) is 0 Å². The van der Waals surface area contributed by atoms with Crippen LogP contribution in [-0.4, -0.2) is 70.1 Å². The van der Waals surface area contributed by atoms with E-state index in [9.17, 15) is 0 Å². The van der Waals surface area contributed by atoms with Crippen LogP contribution in [0.25, 0.3) is 0 Å². The van der Waals surface area contributed by atoms with Crippen LogP contribution in [0.15, 0.2) is 0 Å². The van der Waals surface area contributed by atoms with Gasteiger partial charge in [-0.15, -0.1) is 0 Å². The van der Waals surface area contributed by atoms with Crippen molar-refractivity contribution in [1.82, 2.24) is 0 Å². The van der Waals surface area contributed by atoms with E-state index < -0.39 is 41.6 Å². The molecule has 0 aromatic heterocycles. The van der Waals surface area contributed by atoms with E-state index in [1.807, 2.05) is 0 Å². The molecule has 0 N–H and O–H groups in total. The predicted molar refractivity (Wildman–Crippen MR) is 41.9 cm³/mol. The average Bonchev–Trinajstić information content (AvgIpc) is 1.62. The maximum atomic E-state index is 8.52. The van der Waals surface area contributed by atoms with Crippen molar-refractivity contribution in [2.24, 2.45) is 0 Å². The number of hydrogen-bond acceptors (Lipinski definition) is 16. The van der Waals surface area contributed by atoms with Gasteiger partial charge in [0.15, 0.2) is 0 Å². The Hall–Kier alpha value is 12.6. The third kappa shape index (κ3) is 345. The molecule has 28 heteroatoms. The molecule has 0 saturated heterocycles. The summed E-state index contributed by atoms with van der Waals surface area (Å²) in [6, 6.07) is 0. The molecule has 0 radical (unpaired) electrons. The smallest absolute Gasteiger partial charge is 0.759 e. The van der Waals surface area contributed by atoms with Gasteiger partial charge in [0, 0.05) is 41.6 Å². The third-order valence-electron chi connectivity index (χ3n) is 0. The molecule has 0 amide bonds. The van der Waals surface area contributed by atoms with Gasteiger partial charge in [-0.2, -0.15) is 0 Å². The van der Waals surface area contributed by atoms with Gasteiger partial charge in [0.25, 0.3) is 0 Å². The Labute approximate surface area is 503 Å². The van der Waals surface area contributed by atoms with E-state index in [1.54, 1.807) is 0 Å². The molecule has 16 nitrogen and oxygen atoms in total. The van der Waals surface area contributed by atoms with Gasteiger partial charge in [-0.3, -0.25) is 33.7 Å². The van der Waals surface area contributed by atoms with Gasteiger partial charge in [0.1, 0.15) is 0 Å². The van der Waals surface area contributed by atoms with Gasteiger partial charge in [0.2, 0.25) is 0 Å². The van der Waals surface area contributed by atoms with E-state index in [-0.39, 0.29) is 411 Å². The Morgan fingerprint density at radius 2 is 0.250 bits per heavy atom. The van der Waals surface area contributed by atoms with Crippen molar-refractivity contribution in [3.05, 3.63) is 0 Å². The van der Waals surface area contributed by atoms with E-state index >= 15 is 0 Å². The van der Waals surface area contributed by atoms with Crippen molar-refractivity contribution in [1.29, 1.82) is 0 Å². The molecule has 0 aliphatic rings. The number of rotatable bonds is 0. The summed E-state index contributed by atoms with van der Waals surface area (Å²) in [4.78, 5) is 0. The molecule has 0 aromatic rings. The fraction of sp³-hybridized carbons (Fsp3) is 0. The Morgan fingerprint density at radius 1 is 0.250 bits per heavy atom. The van der Waals surface area contributed by atoms with E-state index in [0.717, 1.165) is 0 Å². The normalized spacial score (nSPS) is 8.29. The molecule has 0 unspecified atom stereocenters. The Bertz CT molecular complexity index is 491. The topological polar surface area (TPSA) is 321 Å². The van der Waals surface area contributed by atoms with Crippen LogP contribution in [0.3, 0.4) is 0 Å². The molecule has 0 aliphatic heterocycles. The zero-order chi connectivity index (χ0) is 18.0. The van der Waals surface area contributed by atoms with Crippen molar-refractivity contribution in [2.75, 3.05) is 0 Å². The first-order valence-corrected chi connectivity index (χ1v) is 8.00. The quantitative estimate of drug-likeness (QED) is 0.129. The SMILES string of the molecule is O=S(=O)([O-])[O-].O=S(=O)([O-])[O-].O=S(=O)([O-])[O-].O=S(=O)([O-])[O-].[K+].[K+].[K+].[K+].[K+].[K+].[K+].[K+]. The van der Waals surface area contributed by atoms with Crippen molar-refractivity contribution in [3.8, 4) is 0 Å². The first kappa shape index (κ1) is 77.8. The summed E-state index contributed by atoms with van der Waals surface area (Å²) < 4.78 is 136. The first-order valence-electron chi connectivity index (χ1n) is 2.67. The van der Waals surface area contributed by atoms with Gasteiger partial charge in [-0.25, -0.2) is 0 Å². The maximum Gasteiger partial charge on any atom is 1.00 e. The minimum absolute atomic E-state index is 0. The monoisotopic (exact) mass is 696 g/mol. The summed E-state index contributed by atoms with van der Waals surface area (Å²) in [7, 11) is -20.7. The van der Waals surface area contributed by atoms with Crippen LogP contribution in [0.4, 0.5) is 0 Å². The van der Waals surface area contributed by atoms with Crippen LogP contribution in [0.1, 0.15) is 0 Å². The molecule has 0 rings (SSSR count). The molecule has 0 spiro atoms. The van der Waals surface area contributed by atoms with Crippen LogP contribution in [0.5, 0.6) is 0 Å². The van der Waals surface area contributed by atoms with Crippen LogP contribution in [-0.2, 0) is 41.6 Å². The van der Waals surface area contributed by atoms with Crippen molar-refractivity contribution >= 4 is 41.6 Å². The molecule has 0 bridgehead atoms. The van der Waals surface area contributed by atoms with Crippen LogP contribution < -0.4 is 411 Å². The van der Waals surface area contributed by atoms with Crippen LogP contribution in [0.2, 0.25) is 0 Å². The zero-order valence-corrected chi connectivity index (χ0v) is 44.4. The molecule has 0 aliphatic carbocycles. The maximum absolute atomic E-state index is 8.52. The summed E-state index contributed by atoms with van der Waals surface area (Å²) in [5, 5.41) is 0. The molecule has 0 aromatic carbocycles. The summed E-state index contributed by atoms with van der Waals surface area (Å²) in [6.07, 6.45) is 0. The molecule has 0 saturated carbocycles. The molecule has 0 heterocycles. The molecule has 0 fully saturated rings. The van der Waals surface area contributed by atoms with Crippen molar-refractivity contribution < 1.29 is 481 Å². The van der Waals surface area contributed by atoms with Gasteiger partial charge in [-0.05, 0) is 0 Å². The van der Waals surface area contributed by atoms with Gasteiger partial charge in [0.05, 0.1) is 0 Å². The summed E-state index contributed by atoms with van der Waals surface area (Å²) in [5.74, 6) is 0. The van der Waals surface area contributed by atoms with E-state index in [1.165, 1.54) is 0 Å². The summed E-state index contributed by atoms with van der Waals surface area (Å²) in [5.41, 5.74) is 0. The Kier molecular flexibility index (Phi) is 122. The second kappa shape index (κ2) is 44.0. The Balaban J connectivity index is -0.0000000111. The van der Waals surface area contributed by atoms with E-state index in [4.69, 9.17) is 70.1 Å². The Morgan fingerprint density at radius 3 is 0.250 bits per heavy atom. The molecule has 128 valence electrons. The van der Waals surface area contributed by atoms with Gasteiger partial charge < -0.3 is 36.4 Å². The average molecular weight is 697 g/mol. The molecule has 28 heavy (non-hydrogen) atoms. The van der Waals surface area contributed by atoms with Crippen LogP contribution >= 0.6 is 0 Å².